The van der Waals surface area contributed by atoms with Crippen molar-refractivity contribution >= 4 is 50.7 Å². The SMILES string of the molecule is CC[C@H](C)NC(=O)[C@H](CC)N(Cc1c(Cl)cccc1Cl)C(=O)CN(c1ccc(C(C)C)cc1)S(=O)(=O)c1ccccc1. The van der Waals surface area contributed by atoms with E-state index in [1.165, 1.54) is 17.0 Å². The Morgan fingerprint density at radius 2 is 1.43 bits per heavy atom. The Kier molecular flexibility index (Phi) is 11.9. The summed E-state index contributed by atoms with van der Waals surface area (Å²) in [6, 6.07) is 19.1. The van der Waals surface area contributed by atoms with Gasteiger partial charge in [0.2, 0.25) is 11.8 Å². The lowest BCUT2D eigenvalue weighted by Crippen LogP contribution is -2.53. The van der Waals surface area contributed by atoms with Crippen molar-refractivity contribution in [3.05, 3.63) is 94.0 Å². The van der Waals surface area contributed by atoms with Crippen molar-refractivity contribution in [1.82, 2.24) is 10.2 Å². The summed E-state index contributed by atoms with van der Waals surface area (Å²) in [5.41, 5.74) is 1.84. The summed E-state index contributed by atoms with van der Waals surface area (Å²) in [4.78, 5) is 29.1. The van der Waals surface area contributed by atoms with Gasteiger partial charge in [0.15, 0.2) is 0 Å². The third-order valence-electron chi connectivity index (χ3n) is 7.23. The summed E-state index contributed by atoms with van der Waals surface area (Å²) < 4.78 is 29.0. The molecule has 0 aliphatic carbocycles. The highest BCUT2D eigenvalue weighted by Crippen LogP contribution is 2.29. The summed E-state index contributed by atoms with van der Waals surface area (Å²) in [6.07, 6.45) is 1.01. The highest BCUT2D eigenvalue weighted by atomic mass is 35.5. The van der Waals surface area contributed by atoms with Gasteiger partial charge < -0.3 is 10.2 Å². The van der Waals surface area contributed by atoms with E-state index in [1.807, 2.05) is 39.8 Å². The van der Waals surface area contributed by atoms with Crippen LogP contribution in [0, 0.1) is 0 Å². The number of hydrogen-bond donors (Lipinski definition) is 1. The zero-order chi connectivity index (χ0) is 31.0. The zero-order valence-corrected chi connectivity index (χ0v) is 27.0. The summed E-state index contributed by atoms with van der Waals surface area (Å²) in [5, 5.41) is 3.64. The summed E-state index contributed by atoms with van der Waals surface area (Å²) >= 11 is 13.0. The van der Waals surface area contributed by atoms with Gasteiger partial charge in [-0.25, -0.2) is 8.42 Å². The van der Waals surface area contributed by atoms with E-state index in [9.17, 15) is 18.0 Å². The van der Waals surface area contributed by atoms with Gasteiger partial charge in [-0.3, -0.25) is 13.9 Å². The number of nitrogens with zero attached hydrogens (tertiary/aromatic N) is 2. The molecule has 0 aliphatic heterocycles. The quantitative estimate of drug-likeness (QED) is 0.219. The lowest BCUT2D eigenvalue weighted by atomic mass is 10.0. The molecule has 0 saturated carbocycles. The van der Waals surface area contributed by atoms with Crippen molar-refractivity contribution in [2.75, 3.05) is 10.8 Å². The lowest BCUT2D eigenvalue weighted by molar-refractivity contribution is -0.140. The molecule has 0 saturated heterocycles. The highest BCUT2D eigenvalue weighted by Gasteiger charge is 2.34. The molecule has 226 valence electrons. The maximum absolute atomic E-state index is 14.2. The molecule has 3 aromatic rings. The third-order valence-corrected chi connectivity index (χ3v) is 9.73. The number of rotatable bonds is 13. The van der Waals surface area contributed by atoms with Crippen LogP contribution in [0.3, 0.4) is 0 Å². The van der Waals surface area contributed by atoms with Gasteiger partial charge in [-0.05, 0) is 67.6 Å². The fourth-order valence-corrected chi connectivity index (χ4v) is 6.44. The molecule has 0 aromatic heterocycles. The Morgan fingerprint density at radius 3 is 1.95 bits per heavy atom. The molecule has 0 unspecified atom stereocenters. The largest absolute Gasteiger partial charge is 0.352 e. The smallest absolute Gasteiger partial charge is 0.264 e. The van der Waals surface area contributed by atoms with Crippen LogP contribution < -0.4 is 9.62 Å². The number of nitrogens with one attached hydrogen (secondary N) is 1. The number of amides is 2. The fraction of sp³-hybridized carbons (Fsp3) is 0.375. The molecule has 10 heteroatoms. The van der Waals surface area contributed by atoms with Crippen LogP contribution in [0.15, 0.2) is 77.7 Å². The van der Waals surface area contributed by atoms with Gasteiger partial charge in [0.25, 0.3) is 10.0 Å². The number of anilines is 1. The molecule has 42 heavy (non-hydrogen) atoms. The van der Waals surface area contributed by atoms with Crippen molar-refractivity contribution in [2.24, 2.45) is 0 Å². The van der Waals surface area contributed by atoms with Crippen LogP contribution in [-0.2, 0) is 26.2 Å². The molecule has 0 heterocycles. The number of sulfonamides is 1. The Balaban J connectivity index is 2.10. The number of halogens is 2. The van der Waals surface area contributed by atoms with E-state index >= 15 is 0 Å². The van der Waals surface area contributed by atoms with Crippen LogP contribution in [0.2, 0.25) is 10.0 Å². The van der Waals surface area contributed by atoms with Gasteiger partial charge in [0.1, 0.15) is 12.6 Å². The Bertz CT molecular complexity index is 1440. The van der Waals surface area contributed by atoms with Gasteiger partial charge >= 0.3 is 0 Å². The molecule has 0 aliphatic rings. The Hall–Kier alpha value is -3.07. The Morgan fingerprint density at radius 1 is 0.833 bits per heavy atom. The number of carbonyl (C=O) groups excluding carboxylic acids is 2. The molecule has 0 bridgehead atoms. The van der Waals surface area contributed by atoms with Crippen molar-refractivity contribution in [1.29, 1.82) is 0 Å². The number of hydrogen-bond acceptors (Lipinski definition) is 4. The maximum Gasteiger partial charge on any atom is 0.264 e. The van der Waals surface area contributed by atoms with Gasteiger partial charge in [-0.2, -0.15) is 0 Å². The predicted octanol–water partition coefficient (Wildman–Crippen LogP) is 7.03. The van der Waals surface area contributed by atoms with Crippen molar-refractivity contribution in [3.8, 4) is 0 Å². The van der Waals surface area contributed by atoms with E-state index in [0.29, 0.717) is 34.1 Å². The molecule has 0 radical (unpaired) electrons. The second-order valence-corrected chi connectivity index (χ2v) is 13.2. The predicted molar refractivity (Wildman–Crippen MR) is 170 cm³/mol. The first-order valence-corrected chi connectivity index (χ1v) is 16.3. The molecule has 2 atom stereocenters. The summed E-state index contributed by atoms with van der Waals surface area (Å²) in [6.45, 7) is 9.13. The molecular formula is C32H39Cl2N3O4S. The average molecular weight is 633 g/mol. The van der Waals surface area contributed by atoms with E-state index < -0.39 is 28.5 Å². The van der Waals surface area contributed by atoms with E-state index in [0.717, 1.165) is 9.87 Å². The van der Waals surface area contributed by atoms with Crippen molar-refractivity contribution < 1.29 is 18.0 Å². The van der Waals surface area contributed by atoms with Crippen LogP contribution >= 0.6 is 23.2 Å². The van der Waals surface area contributed by atoms with E-state index in [1.54, 1.807) is 55.5 Å². The molecule has 1 N–H and O–H groups in total. The molecule has 0 spiro atoms. The van der Waals surface area contributed by atoms with E-state index in [4.69, 9.17) is 23.2 Å². The van der Waals surface area contributed by atoms with Crippen LogP contribution in [0.5, 0.6) is 0 Å². The van der Waals surface area contributed by atoms with Crippen LogP contribution in [0.25, 0.3) is 0 Å². The molecule has 3 rings (SSSR count). The number of carbonyl (C=O) groups is 2. The minimum atomic E-state index is -4.15. The van der Waals surface area contributed by atoms with Crippen LogP contribution in [0.1, 0.15) is 64.5 Å². The van der Waals surface area contributed by atoms with Crippen LogP contribution in [-0.4, -0.2) is 43.8 Å². The monoisotopic (exact) mass is 631 g/mol. The first-order valence-electron chi connectivity index (χ1n) is 14.1. The molecule has 7 nitrogen and oxygen atoms in total. The molecule has 2 amide bonds. The van der Waals surface area contributed by atoms with Crippen molar-refractivity contribution in [2.45, 2.75) is 76.9 Å². The lowest BCUT2D eigenvalue weighted by Gasteiger charge is -2.34. The molecule has 3 aromatic carbocycles. The molecular weight excluding hydrogens is 593 g/mol. The first-order chi connectivity index (χ1) is 19.9. The van der Waals surface area contributed by atoms with E-state index in [2.05, 4.69) is 5.32 Å². The zero-order valence-electron chi connectivity index (χ0n) is 24.7. The third kappa shape index (κ3) is 8.06. The standard InChI is InChI=1S/C32H39Cl2N3O4S/c1-6-23(5)35-32(39)30(7-2)36(20-27-28(33)14-11-15-29(27)34)31(38)21-37(25-18-16-24(17-19-25)22(3)4)42(40,41)26-12-9-8-10-13-26/h8-19,22-23,30H,6-7,20-21H2,1-5H3,(H,35,39)/t23-,30-/m0/s1. The minimum Gasteiger partial charge on any atom is -0.352 e. The number of benzene rings is 3. The van der Waals surface area contributed by atoms with Gasteiger partial charge in [0.05, 0.1) is 10.6 Å². The van der Waals surface area contributed by atoms with Crippen LogP contribution in [0.4, 0.5) is 5.69 Å². The van der Waals surface area contributed by atoms with Gasteiger partial charge in [0, 0.05) is 28.2 Å². The topological polar surface area (TPSA) is 86.8 Å². The molecule has 0 fully saturated rings. The van der Waals surface area contributed by atoms with E-state index in [-0.39, 0.29) is 29.3 Å². The highest BCUT2D eigenvalue weighted by molar-refractivity contribution is 7.92. The fourth-order valence-electron chi connectivity index (χ4n) is 4.49. The summed E-state index contributed by atoms with van der Waals surface area (Å²) in [5.74, 6) is -0.656. The minimum absolute atomic E-state index is 0.0491. The Labute approximate surface area is 259 Å². The summed E-state index contributed by atoms with van der Waals surface area (Å²) in [7, 11) is -4.15. The first kappa shape index (κ1) is 33.4. The average Bonchev–Trinajstić information content (AvgIpc) is 2.97. The van der Waals surface area contributed by atoms with Gasteiger partial charge in [-0.1, -0.05) is 87.3 Å². The van der Waals surface area contributed by atoms with Crippen molar-refractivity contribution in [3.63, 3.8) is 0 Å². The normalized spacial score (nSPS) is 13.0. The second kappa shape index (κ2) is 14.9. The second-order valence-electron chi connectivity index (χ2n) is 10.5. The maximum atomic E-state index is 14.2. The van der Waals surface area contributed by atoms with Gasteiger partial charge in [-0.15, -0.1) is 0 Å².